The molecule has 0 radical (unpaired) electrons. The molecule has 0 bridgehead atoms. The molecule has 96 valence electrons. The molecular weight excluding hydrogens is 298 g/mol. The van der Waals surface area contributed by atoms with E-state index in [9.17, 15) is 0 Å². The summed E-state index contributed by atoms with van der Waals surface area (Å²) in [5, 5.41) is 4.43. The topological polar surface area (TPSA) is 12.0 Å². The monoisotopic (exact) mass is 317 g/mol. The van der Waals surface area contributed by atoms with Gasteiger partial charge in [-0.2, -0.15) is 0 Å². The fraction of sp³-hybridized carbons (Fsp3) is 0.571. The highest BCUT2D eigenvalue weighted by Gasteiger charge is 2.14. The molecule has 0 aromatic heterocycles. The van der Waals surface area contributed by atoms with E-state index in [0.29, 0.717) is 6.04 Å². The molecule has 1 atom stereocenters. The van der Waals surface area contributed by atoms with Crippen LogP contribution >= 0.6 is 27.5 Å². The maximum atomic E-state index is 6.36. The molecule has 1 rings (SSSR count). The highest BCUT2D eigenvalue weighted by molar-refractivity contribution is 9.10. The van der Waals surface area contributed by atoms with E-state index in [4.69, 9.17) is 11.6 Å². The van der Waals surface area contributed by atoms with Crippen molar-refractivity contribution in [2.75, 3.05) is 6.54 Å². The molecule has 17 heavy (non-hydrogen) atoms. The van der Waals surface area contributed by atoms with E-state index in [1.165, 1.54) is 18.4 Å². The van der Waals surface area contributed by atoms with E-state index in [2.05, 4.69) is 47.2 Å². The van der Waals surface area contributed by atoms with Gasteiger partial charge >= 0.3 is 0 Å². The zero-order valence-electron chi connectivity index (χ0n) is 10.6. The van der Waals surface area contributed by atoms with Crippen LogP contribution in [-0.2, 0) is 0 Å². The molecular formula is C14H21BrClN. The third-order valence-corrected chi connectivity index (χ3v) is 4.15. The van der Waals surface area contributed by atoms with Gasteiger partial charge in [0.25, 0.3) is 0 Å². The van der Waals surface area contributed by atoms with Gasteiger partial charge in [-0.1, -0.05) is 50.4 Å². The molecule has 3 heteroatoms. The highest BCUT2D eigenvalue weighted by atomic mass is 79.9. The first-order chi connectivity index (χ1) is 8.20. The van der Waals surface area contributed by atoms with Gasteiger partial charge in [0.1, 0.15) is 0 Å². The second kappa shape index (κ2) is 8.12. The molecule has 1 aromatic carbocycles. The number of nitrogens with one attached hydrogen (secondary N) is 1. The van der Waals surface area contributed by atoms with Crippen molar-refractivity contribution in [3.8, 4) is 0 Å². The molecule has 1 nitrogen and oxygen atoms in total. The Kier molecular flexibility index (Phi) is 7.17. The van der Waals surface area contributed by atoms with Gasteiger partial charge in [0.2, 0.25) is 0 Å². The maximum absolute atomic E-state index is 6.36. The summed E-state index contributed by atoms with van der Waals surface area (Å²) in [5.41, 5.74) is 1.21. The summed E-state index contributed by atoms with van der Waals surface area (Å²) in [7, 11) is 0. The van der Waals surface area contributed by atoms with Gasteiger partial charge in [0.05, 0.1) is 5.02 Å². The lowest BCUT2D eigenvalue weighted by molar-refractivity contribution is 0.481. The Morgan fingerprint density at radius 2 is 2.06 bits per heavy atom. The van der Waals surface area contributed by atoms with Crippen LogP contribution in [0.1, 0.15) is 51.1 Å². The molecule has 0 aliphatic heterocycles. The van der Waals surface area contributed by atoms with Crippen LogP contribution in [0.3, 0.4) is 0 Å². The first-order valence-electron chi connectivity index (χ1n) is 6.38. The van der Waals surface area contributed by atoms with Gasteiger partial charge in [0, 0.05) is 10.5 Å². The van der Waals surface area contributed by atoms with E-state index in [1.54, 1.807) is 0 Å². The molecule has 1 unspecified atom stereocenters. The van der Waals surface area contributed by atoms with E-state index in [1.807, 2.05) is 6.07 Å². The average Bonchev–Trinajstić information content (AvgIpc) is 2.34. The molecule has 0 saturated carbocycles. The fourth-order valence-corrected chi connectivity index (χ4v) is 2.52. The normalized spacial score (nSPS) is 12.7. The highest BCUT2D eigenvalue weighted by Crippen LogP contribution is 2.32. The van der Waals surface area contributed by atoms with Crippen molar-refractivity contribution in [2.24, 2.45) is 0 Å². The van der Waals surface area contributed by atoms with Crippen molar-refractivity contribution in [3.63, 3.8) is 0 Å². The Morgan fingerprint density at radius 3 is 2.71 bits per heavy atom. The SMILES string of the molecule is CCCCC(NCCC)c1cccc(Br)c1Cl. The quantitative estimate of drug-likeness (QED) is 0.716. The van der Waals surface area contributed by atoms with Crippen molar-refractivity contribution < 1.29 is 0 Å². The second-order valence-corrected chi connectivity index (χ2v) is 5.52. The zero-order valence-corrected chi connectivity index (χ0v) is 12.9. The Morgan fingerprint density at radius 1 is 1.29 bits per heavy atom. The van der Waals surface area contributed by atoms with Crippen LogP contribution in [0.2, 0.25) is 5.02 Å². The van der Waals surface area contributed by atoms with Crippen molar-refractivity contribution in [1.82, 2.24) is 5.32 Å². The van der Waals surface area contributed by atoms with E-state index in [0.717, 1.165) is 28.9 Å². The molecule has 0 saturated heterocycles. The lowest BCUT2D eigenvalue weighted by Crippen LogP contribution is -2.22. The molecule has 0 aliphatic carbocycles. The number of unbranched alkanes of at least 4 members (excludes halogenated alkanes) is 1. The smallest absolute Gasteiger partial charge is 0.0595 e. The minimum absolute atomic E-state index is 0.375. The van der Waals surface area contributed by atoms with E-state index >= 15 is 0 Å². The van der Waals surface area contributed by atoms with Crippen LogP contribution in [0.5, 0.6) is 0 Å². The van der Waals surface area contributed by atoms with Gasteiger partial charge in [-0.15, -0.1) is 0 Å². The number of benzene rings is 1. The third kappa shape index (κ3) is 4.61. The molecule has 1 N–H and O–H groups in total. The van der Waals surface area contributed by atoms with Crippen molar-refractivity contribution in [3.05, 3.63) is 33.3 Å². The van der Waals surface area contributed by atoms with Gasteiger partial charge in [-0.3, -0.25) is 0 Å². The van der Waals surface area contributed by atoms with E-state index in [-0.39, 0.29) is 0 Å². The predicted molar refractivity (Wildman–Crippen MR) is 79.7 cm³/mol. The van der Waals surface area contributed by atoms with Crippen LogP contribution in [0.15, 0.2) is 22.7 Å². The van der Waals surface area contributed by atoms with E-state index < -0.39 is 0 Å². The van der Waals surface area contributed by atoms with Gasteiger partial charge in [-0.25, -0.2) is 0 Å². The summed E-state index contributed by atoms with van der Waals surface area (Å²) in [6, 6.07) is 6.54. The van der Waals surface area contributed by atoms with Crippen LogP contribution in [0.4, 0.5) is 0 Å². The fourth-order valence-electron chi connectivity index (χ4n) is 1.88. The number of halogens is 2. The minimum Gasteiger partial charge on any atom is -0.310 e. The lowest BCUT2D eigenvalue weighted by Gasteiger charge is -2.20. The van der Waals surface area contributed by atoms with Crippen molar-refractivity contribution in [1.29, 1.82) is 0 Å². The Labute approximate surface area is 118 Å². The second-order valence-electron chi connectivity index (χ2n) is 4.29. The summed E-state index contributed by atoms with van der Waals surface area (Å²) in [4.78, 5) is 0. The molecule has 0 aliphatic rings. The molecule has 0 fully saturated rings. The van der Waals surface area contributed by atoms with Crippen LogP contribution < -0.4 is 5.32 Å². The lowest BCUT2D eigenvalue weighted by atomic mass is 10.0. The summed E-state index contributed by atoms with van der Waals surface area (Å²) >= 11 is 9.85. The molecule has 1 aromatic rings. The summed E-state index contributed by atoms with van der Waals surface area (Å²) in [5.74, 6) is 0. The van der Waals surface area contributed by atoms with Crippen LogP contribution in [-0.4, -0.2) is 6.54 Å². The summed E-state index contributed by atoms with van der Waals surface area (Å²) < 4.78 is 0.983. The summed E-state index contributed by atoms with van der Waals surface area (Å²) in [6.07, 6.45) is 4.74. The molecule has 0 heterocycles. The van der Waals surface area contributed by atoms with Crippen LogP contribution in [0, 0.1) is 0 Å². The summed E-state index contributed by atoms with van der Waals surface area (Å²) in [6.45, 7) is 5.45. The number of rotatable bonds is 7. The van der Waals surface area contributed by atoms with Gasteiger partial charge in [-0.05, 0) is 46.9 Å². The molecule has 0 spiro atoms. The first-order valence-corrected chi connectivity index (χ1v) is 7.55. The Hall–Kier alpha value is -0.0500. The maximum Gasteiger partial charge on any atom is 0.0595 e. The minimum atomic E-state index is 0.375. The number of hydrogen-bond donors (Lipinski definition) is 1. The first kappa shape index (κ1) is 15.0. The van der Waals surface area contributed by atoms with Gasteiger partial charge in [0.15, 0.2) is 0 Å². The predicted octanol–water partition coefficient (Wildman–Crippen LogP) is 5.33. The Balaban J connectivity index is 2.83. The van der Waals surface area contributed by atoms with Crippen LogP contribution in [0.25, 0.3) is 0 Å². The van der Waals surface area contributed by atoms with Gasteiger partial charge < -0.3 is 5.32 Å². The average molecular weight is 319 g/mol. The number of hydrogen-bond acceptors (Lipinski definition) is 1. The van der Waals surface area contributed by atoms with Crippen molar-refractivity contribution >= 4 is 27.5 Å². The standard InChI is InChI=1S/C14H21BrClN/c1-3-5-9-13(17-10-4-2)11-7-6-8-12(15)14(11)16/h6-8,13,17H,3-5,9-10H2,1-2H3. The third-order valence-electron chi connectivity index (χ3n) is 2.84. The zero-order chi connectivity index (χ0) is 12.7. The Bertz CT molecular complexity index is 333. The molecule has 0 amide bonds. The van der Waals surface area contributed by atoms with Crippen molar-refractivity contribution in [2.45, 2.75) is 45.6 Å². The largest absolute Gasteiger partial charge is 0.310 e.